The van der Waals surface area contributed by atoms with Crippen molar-refractivity contribution in [3.63, 3.8) is 0 Å². The summed E-state index contributed by atoms with van der Waals surface area (Å²) < 4.78 is 1.99. The van der Waals surface area contributed by atoms with Crippen LogP contribution < -0.4 is 5.56 Å². The summed E-state index contributed by atoms with van der Waals surface area (Å²) in [6.45, 7) is 3.95. The molecule has 4 nitrogen and oxygen atoms in total. The van der Waals surface area contributed by atoms with Crippen LogP contribution in [-0.4, -0.2) is 14.6 Å². The predicted molar refractivity (Wildman–Crippen MR) is 69.4 cm³/mol. The third-order valence-corrected chi connectivity index (χ3v) is 4.73. The molecule has 1 N–H and O–H groups in total. The highest BCUT2D eigenvalue weighted by atomic mass is 32.1. The van der Waals surface area contributed by atoms with Crippen LogP contribution in [0.5, 0.6) is 0 Å². The molecule has 0 aliphatic carbocycles. The largest absolute Gasteiger partial charge is 0.282 e. The van der Waals surface area contributed by atoms with Gasteiger partial charge in [-0.3, -0.25) is 9.89 Å². The zero-order chi connectivity index (χ0) is 11.4. The van der Waals surface area contributed by atoms with Crippen LogP contribution in [0.25, 0.3) is 15.2 Å². The van der Waals surface area contributed by atoms with E-state index in [0.29, 0.717) is 14.3 Å². The fraction of sp³-hybridized carbons (Fsp3) is 0.222. The van der Waals surface area contributed by atoms with E-state index in [9.17, 15) is 4.79 Å². The van der Waals surface area contributed by atoms with E-state index in [1.165, 1.54) is 15.9 Å². The zero-order valence-corrected chi connectivity index (χ0v) is 11.0. The van der Waals surface area contributed by atoms with Gasteiger partial charge in [0.2, 0.25) is 4.96 Å². The number of H-pyrrole nitrogens is 1. The van der Waals surface area contributed by atoms with E-state index in [4.69, 9.17) is 12.2 Å². The van der Waals surface area contributed by atoms with E-state index in [-0.39, 0.29) is 5.56 Å². The minimum absolute atomic E-state index is 0.0609. The molecule has 0 fully saturated rings. The summed E-state index contributed by atoms with van der Waals surface area (Å²) in [4.78, 5) is 19.2. The minimum atomic E-state index is -0.0609. The summed E-state index contributed by atoms with van der Waals surface area (Å²) in [5.74, 6) is 0. The third-order valence-electron chi connectivity index (χ3n) is 2.56. The van der Waals surface area contributed by atoms with Crippen molar-refractivity contribution >= 4 is 50.1 Å². The van der Waals surface area contributed by atoms with Gasteiger partial charge in [0, 0.05) is 4.88 Å². The number of thiophene rings is 1. The lowest BCUT2D eigenvalue weighted by molar-refractivity contribution is 0.909. The smallest absolute Gasteiger partial charge is 0.270 e. The molecular weight excluding hydrogens is 262 g/mol. The Balaban J connectivity index is 2.70. The van der Waals surface area contributed by atoms with Gasteiger partial charge < -0.3 is 0 Å². The molecule has 0 amide bonds. The highest BCUT2D eigenvalue weighted by Gasteiger charge is 2.13. The van der Waals surface area contributed by atoms with Gasteiger partial charge in [-0.1, -0.05) is 11.3 Å². The Bertz CT molecular complexity index is 820. The maximum absolute atomic E-state index is 12.2. The SMILES string of the molecule is Cc1sc2nc3sc(=S)[nH]n3c(=O)c2c1C. The van der Waals surface area contributed by atoms with E-state index in [1.807, 2.05) is 13.8 Å². The highest BCUT2D eigenvalue weighted by Crippen LogP contribution is 2.26. The molecule has 0 saturated carbocycles. The standard InChI is InChI=1S/C9H7N3OS3/c1-3-4(2)15-6-5(3)7(13)12-8(10-6)16-9(14)11-12/h1-2H3,(H,11,14). The normalized spacial score (nSPS) is 11.6. The molecule has 0 unspecified atom stereocenters. The molecule has 0 aliphatic heterocycles. The Hall–Kier alpha value is -1.05. The van der Waals surface area contributed by atoms with Crippen molar-refractivity contribution in [2.24, 2.45) is 0 Å². The van der Waals surface area contributed by atoms with E-state index in [2.05, 4.69) is 10.1 Å². The number of aryl methyl sites for hydroxylation is 2. The summed E-state index contributed by atoms with van der Waals surface area (Å²) in [7, 11) is 0. The van der Waals surface area contributed by atoms with Crippen LogP contribution in [0.3, 0.4) is 0 Å². The van der Waals surface area contributed by atoms with Crippen LogP contribution in [-0.2, 0) is 0 Å². The monoisotopic (exact) mass is 269 g/mol. The second-order valence-electron chi connectivity index (χ2n) is 3.50. The third kappa shape index (κ3) is 1.22. The number of hydrogen-bond donors (Lipinski definition) is 1. The van der Waals surface area contributed by atoms with Gasteiger partial charge in [0.15, 0.2) is 3.95 Å². The van der Waals surface area contributed by atoms with E-state index in [1.54, 1.807) is 11.3 Å². The first-order valence-electron chi connectivity index (χ1n) is 4.59. The number of aromatic nitrogens is 3. The molecule has 0 spiro atoms. The molecule has 3 rings (SSSR count). The first kappa shape index (κ1) is 10.1. The number of nitrogens with one attached hydrogen (secondary N) is 1. The van der Waals surface area contributed by atoms with E-state index in [0.717, 1.165) is 15.3 Å². The number of nitrogens with zero attached hydrogens (tertiary/aromatic N) is 2. The van der Waals surface area contributed by atoms with Crippen LogP contribution in [0, 0.1) is 17.8 Å². The number of aromatic amines is 1. The van der Waals surface area contributed by atoms with Crippen molar-refractivity contribution in [3.05, 3.63) is 24.7 Å². The lowest BCUT2D eigenvalue weighted by atomic mass is 10.2. The molecule has 16 heavy (non-hydrogen) atoms. The zero-order valence-electron chi connectivity index (χ0n) is 8.53. The summed E-state index contributed by atoms with van der Waals surface area (Å²) in [6.07, 6.45) is 0. The minimum Gasteiger partial charge on any atom is -0.270 e. The second kappa shape index (κ2) is 3.22. The summed E-state index contributed by atoms with van der Waals surface area (Å²) >= 11 is 7.88. The first-order valence-corrected chi connectivity index (χ1v) is 6.63. The van der Waals surface area contributed by atoms with E-state index < -0.39 is 0 Å². The lowest BCUT2D eigenvalue weighted by Crippen LogP contribution is -2.14. The lowest BCUT2D eigenvalue weighted by Gasteiger charge is -1.93. The van der Waals surface area contributed by atoms with Crippen molar-refractivity contribution in [2.75, 3.05) is 0 Å². The average Bonchev–Trinajstić information content (AvgIpc) is 2.70. The molecule has 3 heterocycles. The maximum atomic E-state index is 12.2. The average molecular weight is 269 g/mol. The van der Waals surface area contributed by atoms with Crippen molar-refractivity contribution in [1.82, 2.24) is 14.6 Å². The molecule has 0 radical (unpaired) electrons. The second-order valence-corrected chi connectivity index (χ2v) is 6.35. The Labute approximate surface area is 103 Å². The highest BCUT2D eigenvalue weighted by molar-refractivity contribution is 7.73. The Morgan fingerprint density at radius 3 is 2.88 bits per heavy atom. The van der Waals surface area contributed by atoms with Gasteiger partial charge in [0.1, 0.15) is 4.83 Å². The molecule has 3 aromatic rings. The summed E-state index contributed by atoms with van der Waals surface area (Å²) in [6, 6.07) is 0. The number of hydrogen-bond acceptors (Lipinski definition) is 5. The topological polar surface area (TPSA) is 50.2 Å². The van der Waals surface area contributed by atoms with Crippen molar-refractivity contribution in [2.45, 2.75) is 13.8 Å². The van der Waals surface area contributed by atoms with Gasteiger partial charge in [-0.2, -0.15) is 4.52 Å². The molecule has 0 bridgehead atoms. The van der Waals surface area contributed by atoms with Gasteiger partial charge in [-0.15, -0.1) is 11.3 Å². The summed E-state index contributed by atoms with van der Waals surface area (Å²) in [5.41, 5.74) is 0.951. The molecule has 7 heteroatoms. The Kier molecular flexibility index (Phi) is 2.04. The molecule has 0 aliphatic rings. The van der Waals surface area contributed by atoms with Gasteiger partial charge in [-0.25, -0.2) is 4.98 Å². The van der Waals surface area contributed by atoms with Crippen molar-refractivity contribution in [3.8, 4) is 0 Å². The van der Waals surface area contributed by atoms with Gasteiger partial charge >= 0.3 is 0 Å². The van der Waals surface area contributed by atoms with Crippen molar-refractivity contribution < 1.29 is 0 Å². The van der Waals surface area contributed by atoms with Gasteiger partial charge in [-0.05, 0) is 31.6 Å². The molecule has 0 aromatic carbocycles. The molecular formula is C9H7N3OS3. The Morgan fingerprint density at radius 2 is 2.12 bits per heavy atom. The quantitative estimate of drug-likeness (QED) is 0.638. The van der Waals surface area contributed by atoms with E-state index >= 15 is 0 Å². The van der Waals surface area contributed by atoms with Crippen LogP contribution >= 0.6 is 34.9 Å². The van der Waals surface area contributed by atoms with Gasteiger partial charge in [0.25, 0.3) is 5.56 Å². The van der Waals surface area contributed by atoms with Crippen LogP contribution in [0.2, 0.25) is 0 Å². The fourth-order valence-corrected chi connectivity index (χ4v) is 3.69. The first-order chi connectivity index (χ1) is 7.58. The van der Waals surface area contributed by atoms with Gasteiger partial charge in [0.05, 0.1) is 5.39 Å². The number of fused-ring (bicyclic) bond motifs is 2. The number of rotatable bonds is 0. The van der Waals surface area contributed by atoms with Crippen LogP contribution in [0.4, 0.5) is 0 Å². The Morgan fingerprint density at radius 1 is 1.38 bits per heavy atom. The molecule has 82 valence electrons. The summed E-state index contributed by atoms with van der Waals surface area (Å²) in [5, 5.41) is 3.53. The molecule has 3 aromatic heterocycles. The maximum Gasteiger partial charge on any atom is 0.282 e. The molecule has 0 saturated heterocycles. The molecule has 0 atom stereocenters. The van der Waals surface area contributed by atoms with Crippen molar-refractivity contribution in [1.29, 1.82) is 0 Å². The van der Waals surface area contributed by atoms with Crippen LogP contribution in [0.1, 0.15) is 10.4 Å². The van der Waals surface area contributed by atoms with Crippen LogP contribution in [0.15, 0.2) is 4.79 Å². The fourth-order valence-electron chi connectivity index (χ4n) is 1.64. The predicted octanol–water partition coefficient (Wildman–Crippen LogP) is 2.65.